The van der Waals surface area contributed by atoms with E-state index < -0.39 is 5.91 Å². The predicted molar refractivity (Wildman–Crippen MR) is 99.4 cm³/mol. The summed E-state index contributed by atoms with van der Waals surface area (Å²) in [6, 6.07) is 18.6. The van der Waals surface area contributed by atoms with Crippen molar-refractivity contribution in [2.75, 3.05) is 0 Å². The molecule has 3 aromatic carbocycles. The minimum Gasteiger partial charge on any atom is -0.507 e. The number of aromatic hydroxyl groups is 1. The lowest BCUT2D eigenvalue weighted by Crippen LogP contribution is -2.19. The molecule has 0 bridgehead atoms. The Hall–Kier alpha value is -2.66. The summed E-state index contributed by atoms with van der Waals surface area (Å²) >= 11 is 3.28. The van der Waals surface area contributed by atoms with Gasteiger partial charge in [-0.05, 0) is 35.9 Å². The summed E-state index contributed by atoms with van der Waals surface area (Å²) < 4.78 is 0.709. The summed E-state index contributed by atoms with van der Waals surface area (Å²) in [5, 5.41) is 16.2. The van der Waals surface area contributed by atoms with Crippen LogP contribution in [0.5, 0.6) is 5.75 Å². The predicted octanol–water partition coefficient (Wildman–Crippen LogP) is 4.46. The van der Waals surface area contributed by atoms with Gasteiger partial charge in [-0.25, -0.2) is 5.43 Å². The van der Waals surface area contributed by atoms with E-state index in [9.17, 15) is 9.90 Å². The van der Waals surface area contributed by atoms with E-state index in [0.717, 1.165) is 16.3 Å². The molecule has 0 saturated heterocycles. The molecule has 120 valence electrons. The maximum atomic E-state index is 12.2. The van der Waals surface area contributed by atoms with E-state index in [0.29, 0.717) is 10.2 Å². The third-order valence-corrected chi connectivity index (χ3v) is 4.20. The van der Waals surface area contributed by atoms with Gasteiger partial charge in [0, 0.05) is 10.0 Å². The highest BCUT2D eigenvalue weighted by atomic mass is 79.9. The summed E-state index contributed by atoms with van der Waals surface area (Å²) in [4.78, 5) is 12.2. The Morgan fingerprint density at radius 1 is 1.04 bits per heavy atom. The van der Waals surface area contributed by atoms with Crippen LogP contribution in [0.15, 0.2) is 70.2 Å². The van der Waals surface area contributed by atoms with Gasteiger partial charge in [-0.3, -0.25) is 4.79 Å². The average Bonchev–Trinajstić information content (AvgIpc) is 2.61. The highest BCUT2D eigenvalue weighted by Gasteiger charge is 2.11. The molecule has 0 aromatic heterocycles. The van der Waals surface area contributed by atoms with Crippen molar-refractivity contribution in [3.63, 3.8) is 0 Å². The molecule has 2 N–H and O–H groups in total. The highest BCUT2D eigenvalue weighted by Crippen LogP contribution is 2.22. The zero-order chi connectivity index (χ0) is 17.1. The number of carbonyl (C=O) groups is 1. The lowest BCUT2D eigenvalue weighted by molar-refractivity contribution is 0.0952. The van der Waals surface area contributed by atoms with Crippen molar-refractivity contribution in [1.29, 1.82) is 0 Å². The molecular weight excluding hydrogens is 368 g/mol. The second-order valence-electron chi connectivity index (χ2n) is 5.33. The van der Waals surface area contributed by atoms with E-state index in [2.05, 4.69) is 26.5 Å². The summed E-state index contributed by atoms with van der Waals surface area (Å²) in [5.74, 6) is -0.554. The van der Waals surface area contributed by atoms with Crippen LogP contribution in [0.3, 0.4) is 0 Å². The molecule has 3 rings (SSSR count). The number of phenolic OH excluding ortho intramolecular Hbond substituents is 1. The fourth-order valence-electron chi connectivity index (χ4n) is 2.49. The van der Waals surface area contributed by atoms with E-state index in [1.165, 1.54) is 6.07 Å². The normalized spacial score (nSPS) is 11.5. The van der Waals surface area contributed by atoms with E-state index >= 15 is 0 Å². The summed E-state index contributed by atoms with van der Waals surface area (Å²) in [5.41, 5.74) is 4.30. The molecule has 0 fully saturated rings. The zero-order valence-corrected chi connectivity index (χ0v) is 14.5. The van der Waals surface area contributed by atoms with Gasteiger partial charge in [-0.15, -0.1) is 0 Å². The maximum absolute atomic E-state index is 12.2. The van der Waals surface area contributed by atoms with Crippen molar-refractivity contribution < 1.29 is 9.90 Å². The lowest BCUT2D eigenvalue weighted by atomic mass is 10.0. The van der Waals surface area contributed by atoms with Crippen LogP contribution in [0.25, 0.3) is 10.8 Å². The third-order valence-electron chi connectivity index (χ3n) is 3.71. The van der Waals surface area contributed by atoms with Gasteiger partial charge in [0.2, 0.25) is 0 Å². The van der Waals surface area contributed by atoms with Gasteiger partial charge in [-0.1, -0.05) is 58.4 Å². The van der Waals surface area contributed by atoms with Crippen LogP contribution < -0.4 is 5.43 Å². The Labute approximate surface area is 148 Å². The van der Waals surface area contributed by atoms with Crippen molar-refractivity contribution in [2.24, 2.45) is 5.10 Å². The van der Waals surface area contributed by atoms with Crippen LogP contribution in [0.2, 0.25) is 0 Å². The van der Waals surface area contributed by atoms with Crippen molar-refractivity contribution in [3.05, 3.63) is 76.3 Å². The minimum atomic E-state index is -0.464. The molecule has 0 saturated carbocycles. The van der Waals surface area contributed by atoms with Gasteiger partial charge >= 0.3 is 0 Å². The first-order valence-electron chi connectivity index (χ1n) is 7.37. The number of amides is 1. The molecule has 0 aliphatic heterocycles. The Bertz CT molecular complexity index is 946. The average molecular weight is 383 g/mol. The Morgan fingerprint density at radius 3 is 2.62 bits per heavy atom. The van der Waals surface area contributed by atoms with Crippen molar-refractivity contribution in [3.8, 4) is 5.75 Å². The largest absolute Gasteiger partial charge is 0.507 e. The molecule has 24 heavy (non-hydrogen) atoms. The standard InChI is InChI=1S/C19H15BrN2O2/c1-12(15-8-4-6-13-5-2-3-7-16(13)15)21-22-19(24)17-11-14(20)9-10-18(17)23/h2-11,23H,1H3,(H,22,24)/b21-12+. The lowest BCUT2D eigenvalue weighted by Gasteiger charge is -2.07. The summed E-state index contributed by atoms with van der Waals surface area (Å²) in [6.07, 6.45) is 0. The molecule has 1 amide bonds. The van der Waals surface area contributed by atoms with Crippen LogP contribution >= 0.6 is 15.9 Å². The Kier molecular flexibility index (Phi) is 4.62. The van der Waals surface area contributed by atoms with Crippen LogP contribution in [-0.4, -0.2) is 16.7 Å². The zero-order valence-electron chi connectivity index (χ0n) is 13.0. The maximum Gasteiger partial charge on any atom is 0.275 e. The Morgan fingerprint density at radius 2 is 1.79 bits per heavy atom. The van der Waals surface area contributed by atoms with Crippen LogP contribution in [-0.2, 0) is 0 Å². The van der Waals surface area contributed by atoms with Gasteiger partial charge in [0.15, 0.2) is 0 Å². The van der Waals surface area contributed by atoms with Crippen molar-refractivity contribution >= 4 is 38.3 Å². The van der Waals surface area contributed by atoms with E-state index in [-0.39, 0.29) is 11.3 Å². The van der Waals surface area contributed by atoms with Crippen LogP contribution in [0.1, 0.15) is 22.8 Å². The van der Waals surface area contributed by atoms with Gasteiger partial charge in [0.05, 0.1) is 11.3 Å². The fourth-order valence-corrected chi connectivity index (χ4v) is 2.85. The third kappa shape index (κ3) is 3.31. The molecular formula is C19H15BrN2O2. The SMILES string of the molecule is C/C(=N\NC(=O)c1cc(Br)ccc1O)c1cccc2ccccc12. The first kappa shape index (κ1) is 16.2. The molecule has 5 heteroatoms. The first-order chi connectivity index (χ1) is 11.6. The molecule has 0 unspecified atom stereocenters. The van der Waals surface area contributed by atoms with Crippen LogP contribution in [0.4, 0.5) is 0 Å². The fraction of sp³-hybridized carbons (Fsp3) is 0.0526. The number of hydrogen-bond donors (Lipinski definition) is 2. The number of phenols is 1. The number of hydrazone groups is 1. The quantitative estimate of drug-likeness (QED) is 0.518. The molecule has 4 nitrogen and oxygen atoms in total. The summed E-state index contributed by atoms with van der Waals surface area (Å²) in [6.45, 7) is 1.84. The van der Waals surface area contributed by atoms with Gasteiger partial charge in [0.1, 0.15) is 5.75 Å². The van der Waals surface area contributed by atoms with Crippen molar-refractivity contribution in [2.45, 2.75) is 6.92 Å². The number of nitrogens with zero attached hydrogens (tertiary/aromatic N) is 1. The van der Waals surface area contributed by atoms with E-state index in [1.54, 1.807) is 12.1 Å². The summed E-state index contributed by atoms with van der Waals surface area (Å²) in [7, 11) is 0. The molecule has 0 atom stereocenters. The second kappa shape index (κ2) is 6.84. The minimum absolute atomic E-state index is 0.0892. The number of rotatable bonds is 3. The molecule has 0 aliphatic carbocycles. The number of fused-ring (bicyclic) bond motifs is 1. The molecule has 0 aliphatic rings. The van der Waals surface area contributed by atoms with Gasteiger partial charge in [-0.2, -0.15) is 5.10 Å². The smallest absolute Gasteiger partial charge is 0.275 e. The highest BCUT2D eigenvalue weighted by molar-refractivity contribution is 9.10. The van der Waals surface area contributed by atoms with E-state index in [1.807, 2.05) is 49.4 Å². The second-order valence-corrected chi connectivity index (χ2v) is 6.24. The molecule has 0 spiro atoms. The van der Waals surface area contributed by atoms with E-state index in [4.69, 9.17) is 0 Å². The van der Waals surface area contributed by atoms with Crippen molar-refractivity contribution in [1.82, 2.24) is 5.43 Å². The molecule has 0 radical (unpaired) electrons. The number of halogens is 1. The first-order valence-corrected chi connectivity index (χ1v) is 8.17. The number of benzene rings is 3. The molecule has 0 heterocycles. The number of hydrogen-bond acceptors (Lipinski definition) is 3. The number of carbonyl (C=O) groups excluding carboxylic acids is 1. The molecule has 3 aromatic rings. The van der Waals surface area contributed by atoms with Crippen LogP contribution in [0, 0.1) is 0 Å². The topological polar surface area (TPSA) is 61.7 Å². The van der Waals surface area contributed by atoms with Gasteiger partial charge in [0.25, 0.3) is 5.91 Å². The monoisotopic (exact) mass is 382 g/mol. The Balaban J connectivity index is 1.88. The van der Waals surface area contributed by atoms with Gasteiger partial charge < -0.3 is 5.11 Å². The number of nitrogens with one attached hydrogen (secondary N) is 1.